The molecule has 8 nitrogen and oxygen atoms in total. The van der Waals surface area contributed by atoms with Crippen molar-refractivity contribution in [1.29, 1.82) is 0 Å². The lowest BCUT2D eigenvalue weighted by Gasteiger charge is -2.19. The molecule has 5 aromatic rings. The predicted molar refractivity (Wildman–Crippen MR) is 171 cm³/mol. The second-order valence-electron chi connectivity index (χ2n) is 11.9. The summed E-state index contributed by atoms with van der Waals surface area (Å²) in [5, 5.41) is 11.4. The molecule has 0 aliphatic heterocycles. The van der Waals surface area contributed by atoms with Crippen molar-refractivity contribution in [2.75, 3.05) is 0 Å². The van der Waals surface area contributed by atoms with Gasteiger partial charge in [0.25, 0.3) is 11.8 Å². The van der Waals surface area contributed by atoms with E-state index >= 15 is 0 Å². The first-order valence-corrected chi connectivity index (χ1v) is 16.0. The molecule has 1 atom stereocenters. The smallest absolute Gasteiger partial charge is 0.261 e. The minimum atomic E-state index is -0.662. The molecule has 236 valence electrons. The molecule has 3 heterocycles. The molecule has 3 N–H and O–H groups in total. The van der Waals surface area contributed by atoms with E-state index in [-0.39, 0.29) is 41.0 Å². The number of amides is 2. The minimum Gasteiger partial charge on any atom is -0.421 e. The van der Waals surface area contributed by atoms with Gasteiger partial charge in [0.1, 0.15) is 11.6 Å². The van der Waals surface area contributed by atoms with Crippen molar-refractivity contribution in [2.24, 2.45) is 11.7 Å². The van der Waals surface area contributed by atoms with Crippen LogP contribution >= 0.6 is 11.3 Å². The number of carbonyl (C=O) groups is 2. The van der Waals surface area contributed by atoms with Gasteiger partial charge in [0.05, 0.1) is 33.4 Å². The fraction of sp³-hybridized carbons (Fsp3) is 0.286. The van der Waals surface area contributed by atoms with E-state index in [0.29, 0.717) is 75.8 Å². The quantitative estimate of drug-likeness (QED) is 0.170. The van der Waals surface area contributed by atoms with Gasteiger partial charge in [0.2, 0.25) is 11.8 Å². The Bertz CT molecular complexity index is 1930. The van der Waals surface area contributed by atoms with Crippen LogP contribution in [-0.2, 0) is 25.7 Å². The zero-order valence-corrected chi connectivity index (χ0v) is 26.5. The predicted octanol–water partition coefficient (Wildman–Crippen LogP) is 6.95. The Hall–Kier alpha value is -4.77. The number of primary amides is 1. The number of fused-ring (bicyclic) bond motifs is 1. The summed E-state index contributed by atoms with van der Waals surface area (Å²) >= 11 is 1.21. The summed E-state index contributed by atoms with van der Waals surface area (Å²) < 4.78 is 33.8. The zero-order valence-electron chi connectivity index (χ0n) is 25.7. The third kappa shape index (κ3) is 6.32. The molecule has 0 spiro atoms. The zero-order chi connectivity index (χ0) is 32.5. The van der Waals surface area contributed by atoms with Crippen molar-refractivity contribution in [3.8, 4) is 21.9 Å². The lowest BCUT2D eigenvalue weighted by Crippen LogP contribution is -2.26. The first-order valence-electron chi connectivity index (χ1n) is 15.2. The van der Waals surface area contributed by atoms with Crippen LogP contribution in [0.3, 0.4) is 0 Å². The van der Waals surface area contributed by atoms with E-state index in [1.54, 1.807) is 37.3 Å². The first-order chi connectivity index (χ1) is 22.1. The topological polar surface area (TPSA) is 124 Å². The third-order valence-corrected chi connectivity index (χ3v) is 9.20. The van der Waals surface area contributed by atoms with E-state index in [1.807, 2.05) is 19.9 Å². The maximum Gasteiger partial charge on any atom is 0.261 e. The molecule has 1 aliphatic rings. The highest BCUT2D eigenvalue weighted by Gasteiger charge is 2.31. The van der Waals surface area contributed by atoms with Crippen LogP contribution in [-0.4, -0.2) is 27.0 Å². The van der Waals surface area contributed by atoms with Crippen LogP contribution in [0.5, 0.6) is 0 Å². The molecule has 0 bridgehead atoms. The van der Waals surface area contributed by atoms with Gasteiger partial charge in [-0.1, -0.05) is 38.1 Å². The van der Waals surface area contributed by atoms with Gasteiger partial charge >= 0.3 is 0 Å². The van der Waals surface area contributed by atoms with Crippen LogP contribution in [0.2, 0.25) is 0 Å². The number of nitrogens with two attached hydrogens (primary N) is 1. The molecular formula is C35H33F2N5O3S. The normalized spacial score (nSPS) is 14.1. The fourth-order valence-electron chi connectivity index (χ4n) is 6.04. The van der Waals surface area contributed by atoms with Gasteiger partial charge in [-0.25, -0.2) is 8.78 Å². The average molecular weight is 642 g/mol. The number of nitrogens with one attached hydrogen (secondary N) is 1. The Labute approximate surface area is 269 Å². The molecule has 2 aromatic carbocycles. The van der Waals surface area contributed by atoms with Crippen LogP contribution in [0.25, 0.3) is 21.9 Å². The van der Waals surface area contributed by atoms with Crippen LogP contribution < -0.4 is 11.1 Å². The van der Waals surface area contributed by atoms with E-state index in [0.717, 1.165) is 11.1 Å². The van der Waals surface area contributed by atoms with E-state index in [9.17, 15) is 18.4 Å². The molecule has 0 saturated heterocycles. The summed E-state index contributed by atoms with van der Waals surface area (Å²) in [4.78, 5) is 32.7. The number of nitrogens with zero attached hydrogens (tertiary/aromatic N) is 3. The van der Waals surface area contributed by atoms with Crippen molar-refractivity contribution in [2.45, 2.75) is 58.9 Å². The van der Waals surface area contributed by atoms with Crippen molar-refractivity contribution in [3.05, 3.63) is 111 Å². The molecule has 3 aromatic heterocycles. The second-order valence-corrected chi connectivity index (χ2v) is 13.0. The Morgan fingerprint density at radius 3 is 2.50 bits per heavy atom. The summed E-state index contributed by atoms with van der Waals surface area (Å²) in [7, 11) is 0. The van der Waals surface area contributed by atoms with Gasteiger partial charge in [-0.3, -0.25) is 14.6 Å². The summed E-state index contributed by atoms with van der Waals surface area (Å²) in [6, 6.07) is 14.4. The summed E-state index contributed by atoms with van der Waals surface area (Å²) in [6.45, 7) is 5.73. The monoisotopic (exact) mass is 641 g/mol. The van der Waals surface area contributed by atoms with E-state index in [1.165, 1.54) is 29.5 Å². The number of hydrogen-bond acceptors (Lipinski definition) is 7. The molecule has 6 rings (SSSR count). The molecule has 0 radical (unpaired) electrons. The SMILES string of the molecule is Cc1nnc(-c2c(CCc3ccc(F)cc3)nc(CC(C)C)c(C(N)=O)c2-c2ccc(C(=O)N[C@@H]3CCc4c(F)cccc43)s2)o1. The number of hydrogen-bond donors (Lipinski definition) is 2. The highest BCUT2D eigenvalue weighted by atomic mass is 32.1. The maximum absolute atomic E-state index is 14.3. The Morgan fingerprint density at radius 1 is 1.02 bits per heavy atom. The summed E-state index contributed by atoms with van der Waals surface area (Å²) in [5.41, 5.74) is 10.7. The minimum absolute atomic E-state index is 0.156. The van der Waals surface area contributed by atoms with Gasteiger partial charge in [-0.2, -0.15) is 0 Å². The van der Waals surface area contributed by atoms with Crippen molar-refractivity contribution < 1.29 is 22.8 Å². The van der Waals surface area contributed by atoms with Crippen LogP contribution in [0.4, 0.5) is 8.78 Å². The molecule has 2 amide bonds. The largest absolute Gasteiger partial charge is 0.421 e. The summed E-state index contributed by atoms with van der Waals surface area (Å²) in [6.07, 6.45) is 2.59. The molecule has 0 unspecified atom stereocenters. The third-order valence-electron chi connectivity index (χ3n) is 8.09. The Balaban J connectivity index is 1.45. The molecular weight excluding hydrogens is 608 g/mol. The molecule has 0 saturated carbocycles. The van der Waals surface area contributed by atoms with Gasteiger partial charge in [0.15, 0.2) is 0 Å². The number of benzene rings is 2. The first kappa shape index (κ1) is 31.2. The van der Waals surface area contributed by atoms with Crippen molar-refractivity contribution in [1.82, 2.24) is 20.5 Å². The lowest BCUT2D eigenvalue weighted by molar-refractivity contribution is 0.0939. The fourth-order valence-corrected chi connectivity index (χ4v) is 7.01. The van der Waals surface area contributed by atoms with Gasteiger partial charge in [0, 0.05) is 17.4 Å². The average Bonchev–Trinajstić information content (AvgIpc) is 3.77. The maximum atomic E-state index is 14.3. The van der Waals surface area contributed by atoms with Crippen molar-refractivity contribution in [3.63, 3.8) is 0 Å². The number of pyridine rings is 1. The lowest BCUT2D eigenvalue weighted by atomic mass is 9.91. The summed E-state index contributed by atoms with van der Waals surface area (Å²) in [5.74, 6) is -0.886. The van der Waals surface area contributed by atoms with E-state index in [2.05, 4.69) is 15.5 Å². The van der Waals surface area contributed by atoms with Gasteiger partial charge in [-0.15, -0.1) is 21.5 Å². The van der Waals surface area contributed by atoms with Crippen LogP contribution in [0.1, 0.15) is 80.3 Å². The highest BCUT2D eigenvalue weighted by molar-refractivity contribution is 7.17. The van der Waals surface area contributed by atoms with Crippen LogP contribution in [0, 0.1) is 24.5 Å². The highest BCUT2D eigenvalue weighted by Crippen LogP contribution is 2.42. The molecule has 46 heavy (non-hydrogen) atoms. The number of aromatic nitrogens is 3. The number of aryl methyl sites for hydroxylation is 3. The number of thiophene rings is 1. The molecule has 11 heteroatoms. The molecule has 1 aliphatic carbocycles. The van der Waals surface area contributed by atoms with Crippen LogP contribution in [0.15, 0.2) is 59.0 Å². The second kappa shape index (κ2) is 12.9. The molecule has 0 fully saturated rings. The Kier molecular flexibility index (Phi) is 8.77. The van der Waals surface area contributed by atoms with E-state index in [4.69, 9.17) is 15.1 Å². The van der Waals surface area contributed by atoms with Gasteiger partial charge < -0.3 is 15.5 Å². The number of carbonyl (C=O) groups excluding carboxylic acids is 2. The Morgan fingerprint density at radius 2 is 1.80 bits per heavy atom. The van der Waals surface area contributed by atoms with Crippen molar-refractivity contribution >= 4 is 23.2 Å². The van der Waals surface area contributed by atoms with Gasteiger partial charge in [-0.05, 0) is 85.0 Å². The van der Waals surface area contributed by atoms with E-state index < -0.39 is 5.91 Å². The number of halogens is 2. The standard InChI is InChI=1S/C35H33F2N5O3S/c1-18(2)17-27-30(33(38)43)32(28-15-16-29(46-28)34(44)40-25-14-12-22-23(25)5-4-6-24(22)37)31(35-42-41-19(3)45-35)26(39-27)13-9-20-7-10-21(36)11-8-20/h4-8,10-11,15-16,18,25H,9,12-14,17H2,1-3H3,(H2,38,43)(H,40,44)/t25-/m1/s1. The number of rotatable bonds is 10.